The number of hydrogen-bond acceptors (Lipinski definition) is 4. The molecule has 4 nitrogen and oxygen atoms in total. The molecule has 1 rings (SSSR count). The van der Waals surface area contributed by atoms with Crippen molar-refractivity contribution in [2.75, 3.05) is 19.4 Å². The molecule has 0 fully saturated rings. The Bertz CT molecular complexity index is 339. The summed E-state index contributed by atoms with van der Waals surface area (Å²) in [6.45, 7) is 6.98. The molecule has 0 aliphatic rings. The minimum atomic E-state index is -0.326. The molecule has 4 heteroatoms. The summed E-state index contributed by atoms with van der Waals surface area (Å²) in [7, 11) is 1.71. The van der Waals surface area contributed by atoms with Crippen LogP contribution < -0.4 is 11.1 Å². The summed E-state index contributed by atoms with van der Waals surface area (Å²) in [5.41, 5.74) is 7.37. The molecular formula is C12H21N3O. The Balaban J connectivity index is 3.08. The molecule has 1 aromatic heterocycles. The van der Waals surface area contributed by atoms with Gasteiger partial charge in [0.1, 0.15) is 0 Å². The second kappa shape index (κ2) is 5.27. The number of nitrogens with one attached hydrogen (secondary N) is 1. The molecule has 0 radical (unpaired) electrons. The van der Waals surface area contributed by atoms with Crippen LogP contribution in [0.2, 0.25) is 0 Å². The standard InChI is InChI=1S/C12H21N3O/c1-5-15-11(12(2,3)16-4)9-8-14-7-6-10(9)13/h6-8,11,15H,5H2,1-4H3,(H2,13,14). The van der Waals surface area contributed by atoms with Gasteiger partial charge in [0, 0.05) is 30.8 Å². The number of likely N-dealkylation sites (N-methyl/N-ethyl adjacent to an activating group) is 1. The summed E-state index contributed by atoms with van der Waals surface area (Å²) >= 11 is 0. The van der Waals surface area contributed by atoms with Crippen molar-refractivity contribution < 1.29 is 4.74 Å². The number of ether oxygens (including phenoxy) is 1. The first-order valence-corrected chi connectivity index (χ1v) is 5.50. The fraction of sp³-hybridized carbons (Fsp3) is 0.583. The summed E-state index contributed by atoms with van der Waals surface area (Å²) in [4.78, 5) is 4.12. The quantitative estimate of drug-likeness (QED) is 0.798. The van der Waals surface area contributed by atoms with Crippen LogP contribution >= 0.6 is 0 Å². The average molecular weight is 223 g/mol. The van der Waals surface area contributed by atoms with Crippen molar-refractivity contribution in [2.45, 2.75) is 32.4 Å². The van der Waals surface area contributed by atoms with E-state index in [4.69, 9.17) is 10.5 Å². The van der Waals surface area contributed by atoms with E-state index >= 15 is 0 Å². The maximum absolute atomic E-state index is 5.97. The van der Waals surface area contributed by atoms with E-state index in [9.17, 15) is 0 Å². The number of methoxy groups -OCH3 is 1. The van der Waals surface area contributed by atoms with Crippen LogP contribution in [-0.4, -0.2) is 24.2 Å². The second-order valence-corrected chi connectivity index (χ2v) is 4.30. The topological polar surface area (TPSA) is 60.2 Å². The van der Waals surface area contributed by atoms with Crippen LogP contribution in [0.3, 0.4) is 0 Å². The van der Waals surface area contributed by atoms with Gasteiger partial charge in [0.2, 0.25) is 0 Å². The third kappa shape index (κ3) is 2.71. The van der Waals surface area contributed by atoms with Gasteiger partial charge < -0.3 is 15.8 Å². The first-order chi connectivity index (χ1) is 7.53. The maximum Gasteiger partial charge on any atom is 0.0817 e. The minimum Gasteiger partial charge on any atom is -0.398 e. The minimum absolute atomic E-state index is 0.0381. The molecule has 0 aromatic carbocycles. The number of pyridine rings is 1. The van der Waals surface area contributed by atoms with Gasteiger partial charge in [-0.05, 0) is 26.5 Å². The lowest BCUT2D eigenvalue weighted by atomic mass is 9.91. The van der Waals surface area contributed by atoms with Gasteiger partial charge in [0.05, 0.1) is 11.6 Å². The zero-order valence-electron chi connectivity index (χ0n) is 10.4. The van der Waals surface area contributed by atoms with E-state index in [1.165, 1.54) is 0 Å². The lowest BCUT2D eigenvalue weighted by Gasteiger charge is -2.34. The Morgan fingerprint density at radius 1 is 1.56 bits per heavy atom. The molecule has 0 saturated heterocycles. The summed E-state index contributed by atoms with van der Waals surface area (Å²) in [6, 6.07) is 1.85. The first kappa shape index (κ1) is 12.9. The van der Waals surface area contributed by atoms with E-state index < -0.39 is 0 Å². The van der Waals surface area contributed by atoms with Crippen molar-refractivity contribution in [3.05, 3.63) is 24.0 Å². The van der Waals surface area contributed by atoms with Crippen LogP contribution in [0.15, 0.2) is 18.5 Å². The van der Waals surface area contributed by atoms with Crippen molar-refractivity contribution in [3.8, 4) is 0 Å². The predicted molar refractivity (Wildman–Crippen MR) is 66.2 cm³/mol. The Hall–Kier alpha value is -1.13. The van der Waals surface area contributed by atoms with Crippen LogP contribution in [0.4, 0.5) is 5.69 Å². The number of aromatic nitrogens is 1. The summed E-state index contributed by atoms with van der Waals surface area (Å²) in [5, 5.41) is 3.39. The van der Waals surface area contributed by atoms with Gasteiger partial charge in [0.15, 0.2) is 0 Å². The highest BCUT2D eigenvalue weighted by atomic mass is 16.5. The molecule has 0 saturated carbocycles. The van der Waals surface area contributed by atoms with Crippen LogP contribution in [0.25, 0.3) is 0 Å². The molecule has 0 aliphatic heterocycles. The molecule has 0 spiro atoms. The van der Waals surface area contributed by atoms with Crippen LogP contribution in [0.1, 0.15) is 32.4 Å². The van der Waals surface area contributed by atoms with Gasteiger partial charge in [-0.3, -0.25) is 4.98 Å². The fourth-order valence-electron chi connectivity index (χ4n) is 1.71. The average Bonchev–Trinajstić information content (AvgIpc) is 2.27. The van der Waals surface area contributed by atoms with E-state index in [0.29, 0.717) is 0 Å². The Labute approximate surface area is 97.2 Å². The van der Waals surface area contributed by atoms with E-state index in [2.05, 4.69) is 17.2 Å². The molecule has 90 valence electrons. The van der Waals surface area contributed by atoms with Crippen LogP contribution in [0.5, 0.6) is 0 Å². The number of nitrogen functional groups attached to an aromatic ring is 1. The monoisotopic (exact) mass is 223 g/mol. The third-order valence-electron chi connectivity index (χ3n) is 2.83. The van der Waals surface area contributed by atoms with Crippen molar-refractivity contribution in [1.82, 2.24) is 10.3 Å². The molecule has 1 heterocycles. The van der Waals surface area contributed by atoms with E-state index in [0.717, 1.165) is 17.8 Å². The first-order valence-electron chi connectivity index (χ1n) is 5.50. The molecule has 1 atom stereocenters. The molecular weight excluding hydrogens is 202 g/mol. The Kier molecular flexibility index (Phi) is 4.26. The van der Waals surface area contributed by atoms with Gasteiger partial charge in [0.25, 0.3) is 0 Å². The second-order valence-electron chi connectivity index (χ2n) is 4.30. The van der Waals surface area contributed by atoms with Crippen molar-refractivity contribution in [2.24, 2.45) is 0 Å². The third-order valence-corrected chi connectivity index (χ3v) is 2.83. The largest absolute Gasteiger partial charge is 0.398 e. The van der Waals surface area contributed by atoms with Gasteiger partial charge in [-0.2, -0.15) is 0 Å². The molecule has 16 heavy (non-hydrogen) atoms. The van der Waals surface area contributed by atoms with Gasteiger partial charge in [-0.25, -0.2) is 0 Å². The Morgan fingerprint density at radius 3 is 2.75 bits per heavy atom. The number of rotatable bonds is 5. The zero-order valence-corrected chi connectivity index (χ0v) is 10.4. The molecule has 0 aliphatic carbocycles. The lowest BCUT2D eigenvalue weighted by molar-refractivity contribution is -0.0105. The van der Waals surface area contributed by atoms with Gasteiger partial charge in [-0.15, -0.1) is 0 Å². The highest BCUT2D eigenvalue weighted by molar-refractivity contribution is 5.47. The van der Waals surface area contributed by atoms with E-state index in [-0.39, 0.29) is 11.6 Å². The summed E-state index contributed by atoms with van der Waals surface area (Å²) in [6.07, 6.45) is 3.49. The fourth-order valence-corrected chi connectivity index (χ4v) is 1.71. The summed E-state index contributed by atoms with van der Waals surface area (Å²) < 4.78 is 5.52. The van der Waals surface area contributed by atoms with E-state index in [1.54, 1.807) is 19.5 Å². The van der Waals surface area contributed by atoms with Crippen LogP contribution in [0, 0.1) is 0 Å². The number of nitrogens with two attached hydrogens (primary N) is 1. The number of hydrogen-bond donors (Lipinski definition) is 2. The smallest absolute Gasteiger partial charge is 0.0817 e. The molecule has 1 unspecified atom stereocenters. The molecule has 0 bridgehead atoms. The van der Waals surface area contributed by atoms with Gasteiger partial charge in [-0.1, -0.05) is 6.92 Å². The molecule has 3 N–H and O–H groups in total. The van der Waals surface area contributed by atoms with Crippen molar-refractivity contribution in [3.63, 3.8) is 0 Å². The molecule has 1 aromatic rings. The molecule has 0 amide bonds. The van der Waals surface area contributed by atoms with E-state index in [1.807, 2.05) is 19.9 Å². The highest BCUT2D eigenvalue weighted by Gasteiger charge is 2.31. The van der Waals surface area contributed by atoms with Crippen molar-refractivity contribution >= 4 is 5.69 Å². The normalized spacial score (nSPS) is 13.8. The number of anilines is 1. The maximum atomic E-state index is 5.97. The summed E-state index contributed by atoms with van der Waals surface area (Å²) in [5.74, 6) is 0. The van der Waals surface area contributed by atoms with Crippen molar-refractivity contribution in [1.29, 1.82) is 0 Å². The Morgan fingerprint density at radius 2 is 2.25 bits per heavy atom. The number of nitrogens with zero attached hydrogens (tertiary/aromatic N) is 1. The van der Waals surface area contributed by atoms with Crippen LogP contribution in [-0.2, 0) is 4.74 Å². The zero-order chi connectivity index (χ0) is 12.2. The van der Waals surface area contributed by atoms with Gasteiger partial charge >= 0.3 is 0 Å². The lowest BCUT2D eigenvalue weighted by Crippen LogP contribution is -2.41. The predicted octanol–water partition coefficient (Wildman–Crippen LogP) is 1.74. The SMILES string of the molecule is CCNC(c1cnccc1N)C(C)(C)OC. The highest BCUT2D eigenvalue weighted by Crippen LogP contribution is 2.30.